The van der Waals surface area contributed by atoms with Gasteiger partial charge in [-0.3, -0.25) is 9.54 Å². The van der Waals surface area contributed by atoms with Crippen LogP contribution in [0.15, 0.2) is 30.6 Å². The summed E-state index contributed by atoms with van der Waals surface area (Å²) in [5.74, 6) is -0.132. The molecule has 4 nitrogen and oxygen atoms in total. The van der Waals surface area contributed by atoms with E-state index in [0.717, 1.165) is 0 Å². The molecule has 0 aliphatic heterocycles. The fraction of sp³-hybridized carbons (Fsp3) is 0.375. The number of aromatic nitrogens is 1. The molecule has 0 radical (unpaired) electrons. The molecule has 0 aliphatic carbocycles. The fourth-order valence-corrected chi connectivity index (χ4v) is 1.09. The van der Waals surface area contributed by atoms with Crippen LogP contribution in [-0.2, 0) is 10.1 Å². The van der Waals surface area contributed by atoms with Gasteiger partial charge >= 0.3 is 0 Å². The summed E-state index contributed by atoms with van der Waals surface area (Å²) in [7, 11) is -3.67. The second kappa shape index (κ2) is 6.56. The summed E-state index contributed by atoms with van der Waals surface area (Å²) < 4.78 is 27.6. The summed E-state index contributed by atoms with van der Waals surface area (Å²) in [5.41, 5.74) is 0. The van der Waals surface area contributed by atoms with Gasteiger partial charge in [0.2, 0.25) is 0 Å². The number of hydrogen-bond acceptors (Lipinski definition) is 3. The first kappa shape index (κ1) is 12.1. The lowest BCUT2D eigenvalue weighted by atomic mass is 10.5. The number of pyridine rings is 1. The lowest BCUT2D eigenvalue weighted by Gasteiger charge is -1.85. The summed E-state index contributed by atoms with van der Waals surface area (Å²) in [6.45, 7) is 1.69. The van der Waals surface area contributed by atoms with Crippen LogP contribution >= 0.6 is 0 Å². The third-order valence-electron chi connectivity index (χ3n) is 1.03. The highest BCUT2D eigenvalue weighted by Gasteiger charge is 1.98. The van der Waals surface area contributed by atoms with Crippen LogP contribution in [0.3, 0.4) is 0 Å². The molecule has 0 unspecified atom stereocenters. The van der Waals surface area contributed by atoms with Crippen LogP contribution in [0.2, 0.25) is 0 Å². The molecule has 74 valence electrons. The highest BCUT2D eigenvalue weighted by Crippen LogP contribution is 1.83. The molecule has 5 heteroatoms. The first-order valence-corrected chi connectivity index (χ1v) is 5.47. The maximum absolute atomic E-state index is 9.79. The van der Waals surface area contributed by atoms with Gasteiger partial charge in [-0.15, -0.1) is 0 Å². The zero-order valence-corrected chi connectivity index (χ0v) is 8.24. The molecule has 0 aliphatic rings. The fourth-order valence-electron chi connectivity index (χ4n) is 0.571. The van der Waals surface area contributed by atoms with Gasteiger partial charge < -0.3 is 0 Å². The van der Waals surface area contributed by atoms with Crippen LogP contribution in [0.4, 0.5) is 0 Å². The lowest BCUT2D eigenvalue weighted by Crippen LogP contribution is -2.01. The second-order valence-corrected chi connectivity index (χ2v) is 3.88. The summed E-state index contributed by atoms with van der Waals surface area (Å²) in [5, 5.41) is 0. The largest absolute Gasteiger partial charge is 0.286 e. The number of rotatable bonds is 2. The van der Waals surface area contributed by atoms with Crippen molar-refractivity contribution in [3.05, 3.63) is 30.6 Å². The van der Waals surface area contributed by atoms with Crippen molar-refractivity contribution in [3.8, 4) is 0 Å². The molecule has 1 heterocycles. The van der Waals surface area contributed by atoms with E-state index < -0.39 is 10.1 Å². The molecule has 0 fully saturated rings. The van der Waals surface area contributed by atoms with Crippen LogP contribution in [0, 0.1) is 0 Å². The van der Waals surface area contributed by atoms with E-state index in [0.29, 0.717) is 6.42 Å². The molecule has 0 saturated heterocycles. The Morgan fingerprint density at radius 3 is 1.85 bits per heavy atom. The Kier molecular flexibility index (Phi) is 6.09. The number of hydrogen-bond donors (Lipinski definition) is 1. The lowest BCUT2D eigenvalue weighted by molar-refractivity contribution is 0.482. The zero-order chi connectivity index (χ0) is 10.2. The molecule has 1 N–H and O–H groups in total. The highest BCUT2D eigenvalue weighted by atomic mass is 32.2. The van der Waals surface area contributed by atoms with Gasteiger partial charge in [-0.2, -0.15) is 8.42 Å². The Morgan fingerprint density at radius 2 is 1.77 bits per heavy atom. The Morgan fingerprint density at radius 1 is 1.23 bits per heavy atom. The van der Waals surface area contributed by atoms with Crippen molar-refractivity contribution in [2.24, 2.45) is 0 Å². The monoisotopic (exact) mass is 203 g/mol. The SMILES string of the molecule is CCCS(=O)(=O)O.c1ccncc1. The normalized spacial score (nSPS) is 10.0. The van der Waals surface area contributed by atoms with Gasteiger partial charge in [0, 0.05) is 12.4 Å². The van der Waals surface area contributed by atoms with E-state index in [1.807, 2.05) is 18.2 Å². The average Bonchev–Trinajstić information content (AvgIpc) is 2.06. The molecule has 0 aromatic carbocycles. The highest BCUT2D eigenvalue weighted by molar-refractivity contribution is 7.85. The molecular formula is C8H13NO3S. The van der Waals surface area contributed by atoms with E-state index in [9.17, 15) is 8.42 Å². The van der Waals surface area contributed by atoms with Crippen LogP contribution < -0.4 is 0 Å². The van der Waals surface area contributed by atoms with E-state index >= 15 is 0 Å². The third kappa shape index (κ3) is 11.1. The average molecular weight is 203 g/mol. The molecule has 0 amide bonds. The molecule has 0 spiro atoms. The molecular weight excluding hydrogens is 190 g/mol. The van der Waals surface area contributed by atoms with Crippen molar-refractivity contribution in [1.82, 2.24) is 4.98 Å². The van der Waals surface area contributed by atoms with Crippen LogP contribution in [0.1, 0.15) is 13.3 Å². The van der Waals surface area contributed by atoms with E-state index in [4.69, 9.17) is 4.55 Å². The van der Waals surface area contributed by atoms with E-state index in [2.05, 4.69) is 4.98 Å². The quantitative estimate of drug-likeness (QED) is 0.737. The minimum atomic E-state index is -3.67. The molecule has 1 aromatic heterocycles. The van der Waals surface area contributed by atoms with Gasteiger partial charge in [-0.25, -0.2) is 0 Å². The smallest absolute Gasteiger partial charge is 0.264 e. The Balaban J connectivity index is 0.000000223. The molecule has 0 saturated carbocycles. The van der Waals surface area contributed by atoms with Gasteiger partial charge in [-0.05, 0) is 18.6 Å². The van der Waals surface area contributed by atoms with Crippen molar-refractivity contribution < 1.29 is 13.0 Å². The Hall–Kier alpha value is -0.940. The van der Waals surface area contributed by atoms with E-state index in [1.165, 1.54) is 0 Å². The maximum atomic E-state index is 9.79. The predicted octanol–water partition coefficient (Wildman–Crippen LogP) is 1.37. The molecule has 0 atom stereocenters. The number of nitrogens with zero attached hydrogens (tertiary/aromatic N) is 1. The van der Waals surface area contributed by atoms with Gasteiger partial charge in [0.15, 0.2) is 0 Å². The summed E-state index contributed by atoms with van der Waals surface area (Å²) in [6.07, 6.45) is 3.97. The van der Waals surface area contributed by atoms with Gasteiger partial charge in [-0.1, -0.05) is 13.0 Å². The predicted molar refractivity (Wildman–Crippen MR) is 50.9 cm³/mol. The molecule has 1 rings (SSSR count). The third-order valence-corrected chi connectivity index (χ3v) is 1.95. The first-order valence-electron chi connectivity index (χ1n) is 3.86. The molecule has 0 bridgehead atoms. The molecule has 1 aromatic rings. The van der Waals surface area contributed by atoms with E-state index in [1.54, 1.807) is 19.3 Å². The summed E-state index contributed by atoms with van der Waals surface area (Å²) in [4.78, 5) is 3.78. The van der Waals surface area contributed by atoms with Crippen LogP contribution in [0.5, 0.6) is 0 Å². The van der Waals surface area contributed by atoms with Crippen LogP contribution in [-0.4, -0.2) is 23.7 Å². The summed E-state index contributed by atoms with van der Waals surface area (Å²) >= 11 is 0. The van der Waals surface area contributed by atoms with Crippen molar-refractivity contribution in [3.63, 3.8) is 0 Å². The minimum absolute atomic E-state index is 0.132. The van der Waals surface area contributed by atoms with Crippen molar-refractivity contribution >= 4 is 10.1 Å². The van der Waals surface area contributed by atoms with Gasteiger partial charge in [0.1, 0.15) is 0 Å². The van der Waals surface area contributed by atoms with Gasteiger partial charge in [0.25, 0.3) is 10.1 Å². The maximum Gasteiger partial charge on any atom is 0.264 e. The van der Waals surface area contributed by atoms with Crippen molar-refractivity contribution in [1.29, 1.82) is 0 Å². The van der Waals surface area contributed by atoms with Gasteiger partial charge in [0.05, 0.1) is 5.75 Å². The van der Waals surface area contributed by atoms with E-state index in [-0.39, 0.29) is 5.75 Å². The van der Waals surface area contributed by atoms with Crippen LogP contribution in [0.25, 0.3) is 0 Å². The first-order chi connectivity index (χ1) is 6.06. The van der Waals surface area contributed by atoms with Crippen molar-refractivity contribution in [2.45, 2.75) is 13.3 Å². The second-order valence-electron chi connectivity index (χ2n) is 2.31. The Labute approximate surface area is 78.4 Å². The summed E-state index contributed by atoms with van der Waals surface area (Å²) in [6, 6.07) is 5.72. The standard InChI is InChI=1S/C5H5N.C3H8O3S/c1-2-4-6-5-3-1;1-2-3-7(4,5)6/h1-5H;2-3H2,1H3,(H,4,5,6). The molecule has 13 heavy (non-hydrogen) atoms. The topological polar surface area (TPSA) is 67.3 Å². The Bertz CT molecular complexity index is 270. The van der Waals surface area contributed by atoms with Crippen molar-refractivity contribution in [2.75, 3.05) is 5.75 Å². The minimum Gasteiger partial charge on any atom is -0.286 e. The zero-order valence-electron chi connectivity index (χ0n) is 7.42.